The molecule has 2 N–H and O–H groups in total. The van der Waals surface area contributed by atoms with E-state index in [1.54, 1.807) is 54.9 Å². The van der Waals surface area contributed by atoms with Crippen molar-refractivity contribution in [3.8, 4) is 0 Å². The van der Waals surface area contributed by atoms with Crippen LogP contribution >= 0.6 is 0 Å². The predicted molar refractivity (Wildman–Crippen MR) is 88.9 cm³/mol. The Morgan fingerprint density at radius 1 is 1.17 bits per heavy atom. The summed E-state index contributed by atoms with van der Waals surface area (Å²) in [5.74, 6) is 0. The Morgan fingerprint density at radius 2 is 1.91 bits per heavy atom. The van der Waals surface area contributed by atoms with Crippen LogP contribution in [0, 0.1) is 0 Å². The highest BCUT2D eigenvalue weighted by molar-refractivity contribution is 7.89. The molecule has 1 aromatic heterocycles. The van der Waals surface area contributed by atoms with Crippen LogP contribution in [0.2, 0.25) is 0 Å². The van der Waals surface area contributed by atoms with Crippen molar-refractivity contribution in [3.63, 3.8) is 0 Å². The molecular weight excluding hydrogens is 334 g/mol. The van der Waals surface area contributed by atoms with Gasteiger partial charge in [-0.25, -0.2) is 13.1 Å². The third kappa shape index (κ3) is 3.49. The van der Waals surface area contributed by atoms with Gasteiger partial charge in [-0.15, -0.1) is 0 Å². The summed E-state index contributed by atoms with van der Waals surface area (Å²) in [6, 6.07) is 11.8. The summed E-state index contributed by atoms with van der Waals surface area (Å²) in [7, 11) is -4.66. The van der Waals surface area contributed by atoms with E-state index in [9.17, 15) is 12.6 Å². The van der Waals surface area contributed by atoms with E-state index in [0.717, 1.165) is 10.9 Å². The molecule has 0 radical (unpaired) electrons. The molecule has 23 heavy (non-hydrogen) atoms. The Morgan fingerprint density at radius 3 is 2.61 bits per heavy atom. The molecule has 0 aliphatic heterocycles. The minimum Gasteiger partial charge on any atom is -0.278 e. The third-order valence-electron chi connectivity index (χ3n) is 3.45. The maximum Gasteiger partial charge on any atom is 0.240 e. The van der Waals surface area contributed by atoms with E-state index in [4.69, 9.17) is 0 Å². The lowest BCUT2D eigenvalue weighted by atomic mass is 10.2. The molecule has 3 aromatic rings. The fourth-order valence-corrected chi connectivity index (χ4v) is 3.71. The Bertz CT molecular complexity index is 963. The number of rotatable bonds is 5. The van der Waals surface area contributed by atoms with Crippen molar-refractivity contribution >= 4 is 31.7 Å². The molecule has 120 valence electrons. The van der Waals surface area contributed by atoms with Crippen molar-refractivity contribution in [1.29, 1.82) is 0 Å². The van der Waals surface area contributed by atoms with Gasteiger partial charge in [0.15, 0.2) is 0 Å². The monoisotopic (exact) mass is 349 g/mol. The van der Waals surface area contributed by atoms with Gasteiger partial charge in [-0.1, -0.05) is 12.1 Å². The van der Waals surface area contributed by atoms with Gasteiger partial charge in [-0.3, -0.25) is 9.31 Å². The van der Waals surface area contributed by atoms with Gasteiger partial charge in [0.25, 0.3) is 0 Å². The first-order valence-electron chi connectivity index (χ1n) is 6.81. The Balaban J connectivity index is 1.76. The standard InChI is InChI=1S/C15H15N3O3S2/c1-22(19)13-5-2-11(3-6-13)9-17-23(20,21)14-7-4-12-10-16-18-15(12)8-14/h2-8,10,17H,9H2,1H3,(H,16,18)/t22-/m1/s1. The fourth-order valence-electron chi connectivity index (χ4n) is 2.14. The summed E-state index contributed by atoms with van der Waals surface area (Å²) in [6.45, 7) is 0.167. The summed E-state index contributed by atoms with van der Waals surface area (Å²) >= 11 is 0. The molecule has 0 fully saturated rings. The van der Waals surface area contributed by atoms with Crippen molar-refractivity contribution in [2.45, 2.75) is 16.3 Å². The van der Waals surface area contributed by atoms with E-state index in [2.05, 4.69) is 14.9 Å². The number of fused-ring (bicyclic) bond motifs is 1. The largest absolute Gasteiger partial charge is 0.278 e. The molecule has 0 bridgehead atoms. The summed E-state index contributed by atoms with van der Waals surface area (Å²) < 4.78 is 38.6. The Labute approximate surface area is 136 Å². The average molecular weight is 349 g/mol. The van der Waals surface area contributed by atoms with E-state index in [0.29, 0.717) is 10.4 Å². The number of benzene rings is 2. The van der Waals surface area contributed by atoms with Gasteiger partial charge in [0.05, 0.1) is 16.6 Å². The maximum absolute atomic E-state index is 12.4. The summed E-state index contributed by atoms with van der Waals surface area (Å²) in [4.78, 5) is 0.891. The van der Waals surface area contributed by atoms with E-state index in [1.165, 1.54) is 0 Å². The predicted octanol–water partition coefficient (Wildman–Crippen LogP) is 1.78. The SMILES string of the molecule is C[S@@](=O)c1ccc(CNS(=O)(=O)c2ccc3cn[nH]c3c2)cc1. The average Bonchev–Trinajstić information content (AvgIpc) is 3.01. The molecule has 0 saturated heterocycles. The number of hydrogen-bond acceptors (Lipinski definition) is 4. The zero-order valence-corrected chi connectivity index (χ0v) is 13.9. The van der Waals surface area contributed by atoms with E-state index >= 15 is 0 Å². The number of sulfonamides is 1. The molecule has 2 aromatic carbocycles. The molecule has 1 atom stereocenters. The molecule has 0 amide bonds. The van der Waals surface area contributed by atoms with Gasteiger partial charge >= 0.3 is 0 Å². The molecule has 1 heterocycles. The normalized spacial score (nSPS) is 13.3. The Hall–Kier alpha value is -2.03. The first kappa shape index (κ1) is 15.9. The van der Waals surface area contributed by atoms with Crippen molar-refractivity contribution in [1.82, 2.24) is 14.9 Å². The number of aromatic amines is 1. The Kier molecular flexibility index (Phi) is 4.29. The van der Waals surface area contributed by atoms with Crippen LogP contribution < -0.4 is 4.72 Å². The number of nitrogens with one attached hydrogen (secondary N) is 2. The van der Waals surface area contributed by atoms with Crippen LogP contribution in [-0.4, -0.2) is 29.1 Å². The number of aromatic nitrogens is 2. The van der Waals surface area contributed by atoms with Crippen LogP contribution in [0.1, 0.15) is 5.56 Å². The second kappa shape index (κ2) is 6.23. The fraction of sp³-hybridized carbons (Fsp3) is 0.133. The van der Waals surface area contributed by atoms with Crippen molar-refractivity contribution in [2.75, 3.05) is 6.26 Å². The molecule has 0 aliphatic carbocycles. The first-order chi connectivity index (χ1) is 11.0. The molecule has 0 spiro atoms. The lowest BCUT2D eigenvalue weighted by Crippen LogP contribution is -2.23. The lowest BCUT2D eigenvalue weighted by Gasteiger charge is -2.07. The van der Waals surface area contributed by atoms with Crippen molar-refractivity contribution < 1.29 is 12.6 Å². The van der Waals surface area contributed by atoms with Crippen molar-refractivity contribution in [3.05, 3.63) is 54.2 Å². The quantitative estimate of drug-likeness (QED) is 0.734. The highest BCUT2D eigenvalue weighted by Crippen LogP contribution is 2.17. The molecule has 0 aliphatic rings. The highest BCUT2D eigenvalue weighted by Gasteiger charge is 2.14. The highest BCUT2D eigenvalue weighted by atomic mass is 32.2. The molecule has 6 nitrogen and oxygen atoms in total. The maximum atomic E-state index is 12.4. The van der Waals surface area contributed by atoms with Gasteiger partial charge < -0.3 is 0 Å². The first-order valence-corrected chi connectivity index (χ1v) is 9.85. The topological polar surface area (TPSA) is 91.9 Å². The van der Waals surface area contributed by atoms with Crippen LogP contribution in [0.4, 0.5) is 0 Å². The summed E-state index contributed by atoms with van der Waals surface area (Å²) in [5.41, 5.74) is 1.47. The number of hydrogen-bond donors (Lipinski definition) is 2. The molecule has 0 unspecified atom stereocenters. The zero-order chi connectivity index (χ0) is 16.4. The van der Waals surface area contributed by atoms with Crippen LogP contribution in [0.25, 0.3) is 10.9 Å². The van der Waals surface area contributed by atoms with Gasteiger partial charge in [-0.2, -0.15) is 5.10 Å². The third-order valence-corrected chi connectivity index (χ3v) is 5.78. The number of H-pyrrole nitrogens is 1. The minimum atomic E-state index is -3.61. The van der Waals surface area contributed by atoms with Crippen LogP contribution in [-0.2, 0) is 27.4 Å². The second-order valence-electron chi connectivity index (χ2n) is 5.04. The van der Waals surface area contributed by atoms with Gasteiger partial charge in [-0.05, 0) is 35.9 Å². The van der Waals surface area contributed by atoms with Gasteiger partial charge in [0.1, 0.15) is 0 Å². The van der Waals surface area contributed by atoms with E-state index < -0.39 is 20.8 Å². The summed E-state index contributed by atoms with van der Waals surface area (Å²) in [6.07, 6.45) is 3.24. The van der Waals surface area contributed by atoms with Crippen LogP contribution in [0.15, 0.2) is 58.5 Å². The number of nitrogens with zero attached hydrogens (tertiary/aromatic N) is 1. The smallest absolute Gasteiger partial charge is 0.240 e. The molecular formula is C15H15N3O3S2. The second-order valence-corrected chi connectivity index (χ2v) is 8.19. The van der Waals surface area contributed by atoms with Gasteiger partial charge in [0, 0.05) is 33.9 Å². The lowest BCUT2D eigenvalue weighted by molar-refractivity contribution is 0.581. The van der Waals surface area contributed by atoms with E-state index in [-0.39, 0.29) is 11.4 Å². The molecule has 8 heteroatoms. The summed E-state index contributed by atoms with van der Waals surface area (Å²) in [5, 5.41) is 7.48. The van der Waals surface area contributed by atoms with Gasteiger partial charge in [0.2, 0.25) is 10.0 Å². The van der Waals surface area contributed by atoms with Crippen LogP contribution in [0.5, 0.6) is 0 Å². The zero-order valence-electron chi connectivity index (χ0n) is 12.3. The molecule has 3 rings (SSSR count). The van der Waals surface area contributed by atoms with E-state index in [1.807, 2.05) is 0 Å². The minimum absolute atomic E-state index is 0.167. The van der Waals surface area contributed by atoms with Crippen molar-refractivity contribution in [2.24, 2.45) is 0 Å². The van der Waals surface area contributed by atoms with Crippen LogP contribution in [0.3, 0.4) is 0 Å². The molecule has 0 saturated carbocycles.